The molecule has 2 aromatic heterocycles. The lowest BCUT2D eigenvalue weighted by Gasteiger charge is -2.13. The van der Waals surface area contributed by atoms with Crippen LogP contribution in [0.3, 0.4) is 0 Å². The maximum Gasteiger partial charge on any atom is 0.573 e. The van der Waals surface area contributed by atoms with Crippen molar-refractivity contribution in [1.82, 2.24) is 14.4 Å². The molecule has 5 nitrogen and oxygen atoms in total. The molecule has 0 spiro atoms. The van der Waals surface area contributed by atoms with E-state index in [2.05, 4.69) is 14.7 Å². The molecule has 4 rings (SSSR count). The van der Waals surface area contributed by atoms with Crippen LogP contribution in [-0.4, -0.2) is 20.7 Å². The smallest absolute Gasteiger partial charge is 0.406 e. The van der Waals surface area contributed by atoms with E-state index in [1.165, 1.54) is 18.2 Å². The maximum absolute atomic E-state index is 12.7. The van der Waals surface area contributed by atoms with Crippen molar-refractivity contribution in [3.63, 3.8) is 0 Å². The van der Waals surface area contributed by atoms with Gasteiger partial charge in [-0.15, -0.1) is 13.2 Å². The molecule has 0 unspecified atom stereocenters. The van der Waals surface area contributed by atoms with E-state index in [0.717, 1.165) is 28.0 Å². The zero-order valence-corrected chi connectivity index (χ0v) is 15.2. The predicted octanol–water partition coefficient (Wildman–Crippen LogP) is 4.52. The van der Waals surface area contributed by atoms with Crippen LogP contribution in [0.15, 0.2) is 42.5 Å². The minimum Gasteiger partial charge on any atom is -0.406 e. The first kappa shape index (κ1) is 18.2. The highest BCUT2D eigenvalue weighted by molar-refractivity contribution is 5.85. The molecule has 28 heavy (non-hydrogen) atoms. The van der Waals surface area contributed by atoms with Crippen molar-refractivity contribution in [2.24, 2.45) is 5.73 Å². The Balaban J connectivity index is 2.09. The molecule has 0 aliphatic carbocycles. The van der Waals surface area contributed by atoms with Gasteiger partial charge in [-0.2, -0.15) is 0 Å². The lowest BCUT2D eigenvalue weighted by molar-refractivity contribution is -0.274. The molecule has 2 heterocycles. The average molecular weight is 386 g/mol. The molecule has 0 aliphatic rings. The topological polar surface area (TPSA) is 65.4 Å². The minimum atomic E-state index is -4.77. The molecular formula is C20H17F3N4O. The van der Waals surface area contributed by atoms with Crippen molar-refractivity contribution < 1.29 is 17.9 Å². The van der Waals surface area contributed by atoms with Crippen LogP contribution in [0.4, 0.5) is 13.2 Å². The Morgan fingerprint density at radius 1 is 1.04 bits per heavy atom. The summed E-state index contributed by atoms with van der Waals surface area (Å²) in [6.45, 7) is 4.01. The van der Waals surface area contributed by atoms with E-state index < -0.39 is 6.36 Å². The number of nitrogens with two attached hydrogens (primary N) is 1. The van der Waals surface area contributed by atoms with Gasteiger partial charge in [0.25, 0.3) is 0 Å². The summed E-state index contributed by atoms with van der Waals surface area (Å²) < 4.78 is 44.0. The van der Waals surface area contributed by atoms with Crippen LogP contribution < -0.4 is 10.5 Å². The molecule has 0 saturated carbocycles. The molecule has 0 amide bonds. The Labute approximate surface area is 158 Å². The number of hydrogen-bond donors (Lipinski definition) is 1. The van der Waals surface area contributed by atoms with Crippen LogP contribution >= 0.6 is 0 Å². The molecule has 0 saturated heterocycles. The highest BCUT2D eigenvalue weighted by Gasteiger charge is 2.31. The van der Waals surface area contributed by atoms with Gasteiger partial charge < -0.3 is 10.5 Å². The summed E-state index contributed by atoms with van der Waals surface area (Å²) in [7, 11) is 0. The van der Waals surface area contributed by atoms with E-state index in [9.17, 15) is 13.2 Å². The highest BCUT2D eigenvalue weighted by Crippen LogP contribution is 2.32. The van der Waals surface area contributed by atoms with Crippen LogP contribution in [0.25, 0.3) is 27.9 Å². The van der Waals surface area contributed by atoms with Crippen LogP contribution in [0, 0.1) is 13.8 Å². The van der Waals surface area contributed by atoms with Crippen molar-refractivity contribution in [2.45, 2.75) is 26.8 Å². The Bertz CT molecular complexity index is 1200. The zero-order valence-electron chi connectivity index (χ0n) is 15.2. The first-order valence-corrected chi connectivity index (χ1v) is 8.62. The van der Waals surface area contributed by atoms with Crippen molar-refractivity contribution in [2.75, 3.05) is 0 Å². The highest BCUT2D eigenvalue weighted by atomic mass is 19.4. The largest absolute Gasteiger partial charge is 0.573 e. The summed E-state index contributed by atoms with van der Waals surface area (Å²) in [6, 6.07) is 11.7. The van der Waals surface area contributed by atoms with Gasteiger partial charge in [-0.3, -0.25) is 4.40 Å². The number of alkyl halides is 3. The summed E-state index contributed by atoms with van der Waals surface area (Å²) >= 11 is 0. The normalized spacial score (nSPS) is 12.1. The standard InChI is InChI=1S/C20H17F3N4O/c1-11-18-12(2)26-19(15-6-4-3-5-13(15)10-24)27(18)17-9-14(28-20(21,22)23)7-8-16(17)25-11/h3-9H,10,24H2,1-2H3. The number of nitrogens with zero attached hydrogens (tertiary/aromatic N) is 3. The van der Waals surface area contributed by atoms with E-state index in [1.54, 1.807) is 0 Å². The lowest BCUT2D eigenvalue weighted by atomic mass is 10.1. The van der Waals surface area contributed by atoms with E-state index in [4.69, 9.17) is 5.73 Å². The first-order valence-electron chi connectivity index (χ1n) is 8.62. The molecule has 0 bridgehead atoms. The average Bonchev–Trinajstić information content (AvgIpc) is 2.99. The van der Waals surface area contributed by atoms with Crippen molar-refractivity contribution in [3.8, 4) is 17.1 Å². The Morgan fingerprint density at radius 2 is 1.75 bits per heavy atom. The summed E-state index contributed by atoms with van der Waals surface area (Å²) in [5.41, 5.74) is 10.8. The van der Waals surface area contributed by atoms with Gasteiger partial charge in [-0.1, -0.05) is 24.3 Å². The number of fused-ring (bicyclic) bond motifs is 3. The molecule has 0 atom stereocenters. The van der Waals surface area contributed by atoms with Gasteiger partial charge in [0.05, 0.1) is 27.9 Å². The van der Waals surface area contributed by atoms with Gasteiger partial charge in [-0.25, -0.2) is 9.97 Å². The molecular weight excluding hydrogens is 369 g/mol. The van der Waals surface area contributed by atoms with Crippen LogP contribution in [0.1, 0.15) is 17.0 Å². The second kappa shape index (κ2) is 6.49. The second-order valence-electron chi connectivity index (χ2n) is 6.46. The fraction of sp³-hybridized carbons (Fsp3) is 0.200. The Kier molecular flexibility index (Phi) is 4.23. The molecule has 2 aromatic carbocycles. The monoisotopic (exact) mass is 386 g/mol. The fourth-order valence-electron chi connectivity index (χ4n) is 3.49. The van der Waals surface area contributed by atoms with Crippen LogP contribution in [0.5, 0.6) is 5.75 Å². The van der Waals surface area contributed by atoms with Gasteiger partial charge in [0.1, 0.15) is 11.6 Å². The van der Waals surface area contributed by atoms with E-state index in [0.29, 0.717) is 23.4 Å². The summed E-state index contributed by atoms with van der Waals surface area (Å²) in [4.78, 5) is 9.22. The fourth-order valence-corrected chi connectivity index (χ4v) is 3.49. The lowest BCUT2D eigenvalue weighted by Crippen LogP contribution is -2.17. The molecule has 8 heteroatoms. The zero-order chi connectivity index (χ0) is 20.1. The quantitative estimate of drug-likeness (QED) is 0.562. The molecule has 0 aliphatic heterocycles. The van der Waals surface area contributed by atoms with Gasteiger partial charge in [-0.05, 0) is 31.5 Å². The van der Waals surface area contributed by atoms with Crippen molar-refractivity contribution in [1.29, 1.82) is 0 Å². The number of hydrogen-bond acceptors (Lipinski definition) is 4. The third-order valence-corrected chi connectivity index (χ3v) is 4.58. The number of aromatic nitrogens is 3. The summed E-state index contributed by atoms with van der Waals surface area (Å²) in [6.07, 6.45) is -4.77. The molecule has 4 aromatic rings. The third kappa shape index (κ3) is 3.05. The summed E-state index contributed by atoms with van der Waals surface area (Å²) in [5.74, 6) is 0.296. The Morgan fingerprint density at radius 3 is 2.46 bits per heavy atom. The van der Waals surface area contributed by atoms with Crippen molar-refractivity contribution >= 4 is 16.6 Å². The SMILES string of the molecule is Cc1nc(-c2ccccc2CN)n2c1c(C)nc1ccc(OC(F)(F)F)cc12. The summed E-state index contributed by atoms with van der Waals surface area (Å²) in [5, 5.41) is 0. The number of rotatable bonds is 3. The second-order valence-corrected chi connectivity index (χ2v) is 6.46. The maximum atomic E-state index is 12.7. The number of aryl methyl sites for hydroxylation is 2. The first-order chi connectivity index (χ1) is 13.3. The number of halogens is 3. The Hall–Kier alpha value is -3.13. The van der Waals surface area contributed by atoms with Crippen LogP contribution in [0.2, 0.25) is 0 Å². The molecule has 0 fully saturated rings. The van der Waals surface area contributed by atoms with Crippen molar-refractivity contribution in [3.05, 3.63) is 59.4 Å². The number of imidazole rings is 1. The molecule has 0 radical (unpaired) electrons. The number of benzene rings is 2. The minimum absolute atomic E-state index is 0.309. The molecule has 144 valence electrons. The van der Waals surface area contributed by atoms with E-state index in [1.807, 2.05) is 42.5 Å². The third-order valence-electron chi connectivity index (χ3n) is 4.58. The van der Waals surface area contributed by atoms with Crippen LogP contribution in [-0.2, 0) is 6.54 Å². The van der Waals surface area contributed by atoms with Gasteiger partial charge in [0.15, 0.2) is 0 Å². The van der Waals surface area contributed by atoms with Gasteiger partial charge in [0, 0.05) is 18.2 Å². The number of ether oxygens (including phenoxy) is 1. The van der Waals surface area contributed by atoms with E-state index in [-0.39, 0.29) is 5.75 Å². The van der Waals surface area contributed by atoms with E-state index >= 15 is 0 Å². The predicted molar refractivity (Wildman–Crippen MR) is 100.0 cm³/mol. The van der Waals surface area contributed by atoms with Gasteiger partial charge >= 0.3 is 6.36 Å². The van der Waals surface area contributed by atoms with Gasteiger partial charge in [0.2, 0.25) is 0 Å². The molecule has 2 N–H and O–H groups in total.